The lowest BCUT2D eigenvalue weighted by molar-refractivity contribution is 0.0106. The molecule has 1 saturated heterocycles. The molecule has 1 heterocycles. The fourth-order valence-electron chi connectivity index (χ4n) is 4.78. The molecule has 1 aliphatic rings. The van der Waals surface area contributed by atoms with E-state index in [0.717, 1.165) is 41.4 Å². The first-order valence-electron chi connectivity index (χ1n) is 12.1. The van der Waals surface area contributed by atoms with E-state index >= 15 is 0 Å². The molecule has 178 valence electrons. The molecule has 1 fully saturated rings. The van der Waals surface area contributed by atoms with E-state index in [0.29, 0.717) is 24.6 Å². The number of benzene rings is 4. The lowest BCUT2D eigenvalue weighted by atomic mass is 9.87. The van der Waals surface area contributed by atoms with Crippen LogP contribution in [0, 0.1) is 0 Å². The Bertz CT molecular complexity index is 1290. The van der Waals surface area contributed by atoms with Gasteiger partial charge < -0.3 is 20.5 Å². The van der Waals surface area contributed by atoms with Crippen LogP contribution in [-0.2, 0) is 17.9 Å². The first kappa shape index (κ1) is 23.1. The number of piperidine rings is 1. The van der Waals surface area contributed by atoms with Gasteiger partial charge in [0.2, 0.25) is 0 Å². The smallest absolute Gasteiger partial charge is 0.251 e. The number of carbonyl (C=O) groups is 1. The maximum absolute atomic E-state index is 12.3. The summed E-state index contributed by atoms with van der Waals surface area (Å²) in [4.78, 5) is 12.3. The van der Waals surface area contributed by atoms with Gasteiger partial charge in [-0.15, -0.1) is 0 Å². The van der Waals surface area contributed by atoms with Gasteiger partial charge in [-0.25, -0.2) is 0 Å². The van der Waals surface area contributed by atoms with E-state index in [9.17, 15) is 9.90 Å². The Balaban J connectivity index is 1.22. The number of phenolic OH excluding ortho intramolecular Hbond substituents is 1. The topological polar surface area (TPSA) is 70.6 Å². The number of rotatable bonds is 7. The quantitative estimate of drug-likeness (QED) is 0.353. The van der Waals surface area contributed by atoms with Crippen molar-refractivity contribution in [1.82, 2.24) is 10.6 Å². The van der Waals surface area contributed by atoms with Crippen molar-refractivity contribution in [2.24, 2.45) is 0 Å². The van der Waals surface area contributed by atoms with E-state index in [-0.39, 0.29) is 17.8 Å². The summed E-state index contributed by atoms with van der Waals surface area (Å²) in [6.07, 6.45) is 1.04. The number of carbonyl (C=O) groups excluding carboxylic acids is 1. The minimum Gasteiger partial charge on any atom is -0.507 e. The molecule has 35 heavy (non-hydrogen) atoms. The fraction of sp³-hybridized carbons (Fsp3) is 0.233. The summed E-state index contributed by atoms with van der Waals surface area (Å²) in [6.45, 7) is 2.69. The number of amides is 1. The van der Waals surface area contributed by atoms with Gasteiger partial charge in [0, 0.05) is 30.0 Å². The monoisotopic (exact) mass is 466 g/mol. The van der Waals surface area contributed by atoms with Gasteiger partial charge in [-0.05, 0) is 59.3 Å². The van der Waals surface area contributed by atoms with E-state index in [1.165, 1.54) is 5.56 Å². The summed E-state index contributed by atoms with van der Waals surface area (Å²) in [5.74, 6) is 0.509. The van der Waals surface area contributed by atoms with Crippen LogP contribution in [0.2, 0.25) is 0 Å². The number of nitrogens with one attached hydrogen (secondary N) is 2. The van der Waals surface area contributed by atoms with Gasteiger partial charge in [-0.3, -0.25) is 4.79 Å². The molecule has 0 saturated carbocycles. The first-order valence-corrected chi connectivity index (χ1v) is 12.1. The Labute approximate surface area is 205 Å². The Morgan fingerprint density at radius 1 is 0.943 bits per heavy atom. The second-order valence-electron chi connectivity index (χ2n) is 9.08. The number of hydrogen-bond acceptors (Lipinski definition) is 4. The molecule has 0 radical (unpaired) electrons. The molecule has 4 aromatic rings. The summed E-state index contributed by atoms with van der Waals surface area (Å²) in [5, 5.41) is 18.7. The highest BCUT2D eigenvalue weighted by Crippen LogP contribution is 2.30. The van der Waals surface area contributed by atoms with Crippen molar-refractivity contribution < 1.29 is 14.6 Å². The van der Waals surface area contributed by atoms with Crippen molar-refractivity contribution in [2.45, 2.75) is 31.6 Å². The lowest BCUT2D eigenvalue weighted by Gasteiger charge is -2.32. The van der Waals surface area contributed by atoms with Crippen LogP contribution in [0.3, 0.4) is 0 Å². The van der Waals surface area contributed by atoms with Crippen LogP contribution in [0.1, 0.15) is 39.4 Å². The molecule has 2 unspecified atom stereocenters. The maximum Gasteiger partial charge on any atom is 0.251 e. The Morgan fingerprint density at radius 3 is 2.54 bits per heavy atom. The molecule has 5 heteroatoms. The van der Waals surface area contributed by atoms with E-state index in [1.807, 2.05) is 54.6 Å². The van der Waals surface area contributed by atoms with Gasteiger partial charge in [0.15, 0.2) is 0 Å². The molecule has 3 N–H and O–H groups in total. The molecule has 5 nitrogen and oxygen atoms in total. The number of fused-ring (bicyclic) bond motifs is 1. The first-order chi connectivity index (χ1) is 17.2. The number of phenols is 1. The minimum absolute atomic E-state index is 0.0426. The second-order valence-corrected chi connectivity index (χ2v) is 9.08. The highest BCUT2D eigenvalue weighted by molar-refractivity contribution is 5.94. The van der Waals surface area contributed by atoms with Gasteiger partial charge >= 0.3 is 0 Å². The fourth-order valence-corrected chi connectivity index (χ4v) is 4.78. The van der Waals surface area contributed by atoms with Crippen LogP contribution in [-0.4, -0.2) is 30.2 Å². The third-order valence-electron chi connectivity index (χ3n) is 6.69. The van der Waals surface area contributed by atoms with Crippen molar-refractivity contribution in [3.8, 4) is 5.75 Å². The van der Waals surface area contributed by atoms with Gasteiger partial charge in [-0.1, -0.05) is 66.7 Å². The summed E-state index contributed by atoms with van der Waals surface area (Å²) >= 11 is 0. The third-order valence-corrected chi connectivity index (χ3v) is 6.69. The molecular weight excluding hydrogens is 436 g/mol. The summed E-state index contributed by atoms with van der Waals surface area (Å²) in [5.41, 5.74) is 3.95. The third kappa shape index (κ3) is 5.53. The lowest BCUT2D eigenvalue weighted by Crippen LogP contribution is -2.41. The normalized spacial score (nSPS) is 17.8. The summed E-state index contributed by atoms with van der Waals surface area (Å²) in [7, 11) is 0. The van der Waals surface area contributed by atoms with Crippen LogP contribution in [0.25, 0.3) is 10.8 Å². The average Bonchev–Trinajstić information content (AvgIpc) is 2.91. The van der Waals surface area contributed by atoms with Crippen LogP contribution >= 0.6 is 0 Å². The van der Waals surface area contributed by atoms with E-state index in [2.05, 4.69) is 41.0 Å². The predicted octanol–water partition coefficient (Wildman–Crippen LogP) is 5.14. The Morgan fingerprint density at radius 2 is 1.71 bits per heavy atom. The summed E-state index contributed by atoms with van der Waals surface area (Å²) < 4.78 is 6.37. The highest BCUT2D eigenvalue weighted by atomic mass is 16.5. The zero-order valence-corrected chi connectivity index (χ0v) is 19.6. The Hall–Kier alpha value is -3.67. The van der Waals surface area contributed by atoms with Crippen molar-refractivity contribution >= 4 is 16.7 Å². The van der Waals surface area contributed by atoms with E-state index in [1.54, 1.807) is 6.07 Å². The van der Waals surface area contributed by atoms with Crippen molar-refractivity contribution in [3.05, 3.63) is 113 Å². The van der Waals surface area contributed by atoms with Gasteiger partial charge in [0.05, 0.1) is 12.7 Å². The van der Waals surface area contributed by atoms with E-state index < -0.39 is 0 Å². The average molecular weight is 467 g/mol. The molecule has 0 bridgehead atoms. The van der Waals surface area contributed by atoms with Crippen molar-refractivity contribution in [3.63, 3.8) is 0 Å². The van der Waals surface area contributed by atoms with Crippen LogP contribution in [0.4, 0.5) is 0 Å². The molecule has 4 aromatic carbocycles. The van der Waals surface area contributed by atoms with Crippen molar-refractivity contribution in [2.75, 3.05) is 13.1 Å². The minimum atomic E-state index is -0.0683. The Kier molecular flexibility index (Phi) is 7.07. The van der Waals surface area contributed by atoms with Crippen molar-refractivity contribution in [1.29, 1.82) is 0 Å². The van der Waals surface area contributed by atoms with Gasteiger partial charge in [0.1, 0.15) is 5.75 Å². The SMILES string of the molecule is O=C(NCc1ccc(C2CCNCC2OCc2cc(O)c3ccccc3c2)cc1)c1ccccc1. The number of aromatic hydroxyl groups is 1. The highest BCUT2D eigenvalue weighted by Gasteiger charge is 2.27. The predicted molar refractivity (Wildman–Crippen MR) is 138 cm³/mol. The zero-order chi connectivity index (χ0) is 24.0. The molecule has 0 aromatic heterocycles. The second kappa shape index (κ2) is 10.7. The standard InChI is InChI=1S/C30H30N2O3/c33-28-17-22(16-25-8-4-5-9-26(25)28)20-35-29-19-31-15-14-27(29)23-12-10-21(11-13-23)18-32-30(34)24-6-2-1-3-7-24/h1-13,16-17,27,29,31,33H,14-15,18-20H2,(H,32,34). The van der Waals surface area contributed by atoms with Crippen LogP contribution in [0.5, 0.6) is 5.75 Å². The molecule has 2 atom stereocenters. The largest absolute Gasteiger partial charge is 0.507 e. The van der Waals surface area contributed by atoms with Crippen LogP contribution in [0.15, 0.2) is 91.0 Å². The molecule has 5 rings (SSSR count). The zero-order valence-electron chi connectivity index (χ0n) is 19.6. The molecule has 0 spiro atoms. The molecule has 0 aliphatic carbocycles. The van der Waals surface area contributed by atoms with E-state index in [4.69, 9.17) is 4.74 Å². The number of ether oxygens (including phenoxy) is 1. The molecule has 1 aliphatic heterocycles. The van der Waals surface area contributed by atoms with Crippen LogP contribution < -0.4 is 10.6 Å². The van der Waals surface area contributed by atoms with Gasteiger partial charge in [0.25, 0.3) is 5.91 Å². The van der Waals surface area contributed by atoms with Gasteiger partial charge in [-0.2, -0.15) is 0 Å². The summed E-state index contributed by atoms with van der Waals surface area (Å²) in [6, 6.07) is 29.4. The number of hydrogen-bond donors (Lipinski definition) is 3. The maximum atomic E-state index is 12.3. The molecular formula is C30H30N2O3. The molecule has 1 amide bonds.